The standard InChI is InChI=1S/C11H10ClN3O5S/c1-6-11(7(2)20-13-6)21(18,19)14-9-4-3-8(12)5-10(9)15(16)17/h3-5,14H,1-2H3. The Labute approximate surface area is 124 Å². The molecule has 112 valence electrons. The zero-order valence-corrected chi connectivity index (χ0v) is 12.5. The van der Waals surface area contributed by atoms with Gasteiger partial charge in [0, 0.05) is 11.1 Å². The average molecular weight is 332 g/mol. The highest BCUT2D eigenvalue weighted by molar-refractivity contribution is 7.92. The first-order chi connectivity index (χ1) is 9.72. The Morgan fingerprint density at radius 2 is 2.05 bits per heavy atom. The van der Waals surface area contributed by atoms with Crippen molar-refractivity contribution in [3.05, 3.63) is 44.8 Å². The summed E-state index contributed by atoms with van der Waals surface area (Å²) in [5, 5.41) is 14.6. The van der Waals surface area contributed by atoms with Crippen molar-refractivity contribution < 1.29 is 17.9 Å². The summed E-state index contributed by atoms with van der Waals surface area (Å²) in [5.74, 6) is 0.0941. The molecule has 0 unspecified atom stereocenters. The highest BCUT2D eigenvalue weighted by atomic mass is 35.5. The molecule has 0 aliphatic rings. The summed E-state index contributed by atoms with van der Waals surface area (Å²) in [6.45, 7) is 2.90. The molecule has 0 bridgehead atoms. The van der Waals surface area contributed by atoms with E-state index in [1.54, 1.807) is 0 Å². The second kappa shape index (κ2) is 5.34. The quantitative estimate of drug-likeness (QED) is 0.680. The molecule has 0 spiro atoms. The van der Waals surface area contributed by atoms with Crippen LogP contribution in [-0.4, -0.2) is 18.5 Å². The third-order valence-electron chi connectivity index (χ3n) is 2.64. The molecule has 21 heavy (non-hydrogen) atoms. The van der Waals surface area contributed by atoms with Gasteiger partial charge in [0.2, 0.25) is 0 Å². The lowest BCUT2D eigenvalue weighted by Gasteiger charge is -2.08. The highest BCUT2D eigenvalue weighted by Gasteiger charge is 2.27. The third kappa shape index (κ3) is 2.98. The molecular weight excluding hydrogens is 322 g/mol. The van der Waals surface area contributed by atoms with Crippen LogP contribution in [0.25, 0.3) is 0 Å². The summed E-state index contributed by atoms with van der Waals surface area (Å²) in [6, 6.07) is 3.63. The summed E-state index contributed by atoms with van der Waals surface area (Å²) >= 11 is 5.68. The average Bonchev–Trinajstić information content (AvgIpc) is 2.71. The van der Waals surface area contributed by atoms with E-state index < -0.39 is 20.6 Å². The monoisotopic (exact) mass is 331 g/mol. The van der Waals surface area contributed by atoms with E-state index in [1.165, 1.54) is 26.0 Å². The minimum atomic E-state index is -4.05. The number of nitrogens with zero attached hydrogens (tertiary/aromatic N) is 2. The van der Waals surface area contributed by atoms with Crippen molar-refractivity contribution >= 4 is 33.0 Å². The largest absolute Gasteiger partial charge is 0.360 e. The van der Waals surface area contributed by atoms with Crippen molar-refractivity contribution in [1.82, 2.24) is 5.16 Å². The van der Waals surface area contributed by atoms with Gasteiger partial charge in [-0.2, -0.15) is 0 Å². The van der Waals surface area contributed by atoms with Gasteiger partial charge >= 0.3 is 0 Å². The Balaban J connectivity index is 2.50. The van der Waals surface area contributed by atoms with Crippen molar-refractivity contribution in [2.45, 2.75) is 18.7 Å². The molecule has 2 aromatic rings. The Kier molecular flexibility index (Phi) is 3.88. The number of aromatic nitrogens is 1. The van der Waals surface area contributed by atoms with Crippen LogP contribution in [0.2, 0.25) is 5.02 Å². The molecule has 0 radical (unpaired) electrons. The first-order valence-corrected chi connectivity index (χ1v) is 7.48. The van der Waals surface area contributed by atoms with Crippen LogP contribution in [0, 0.1) is 24.0 Å². The van der Waals surface area contributed by atoms with E-state index >= 15 is 0 Å². The summed E-state index contributed by atoms with van der Waals surface area (Å²) in [5.41, 5.74) is -0.473. The molecule has 2 rings (SSSR count). The van der Waals surface area contributed by atoms with Gasteiger partial charge < -0.3 is 4.52 Å². The lowest BCUT2D eigenvalue weighted by molar-refractivity contribution is -0.383. The molecule has 10 heteroatoms. The smallest absolute Gasteiger partial charge is 0.294 e. The molecule has 0 aliphatic heterocycles. The van der Waals surface area contributed by atoms with Gasteiger partial charge in [0.05, 0.1) is 4.92 Å². The SMILES string of the molecule is Cc1noc(C)c1S(=O)(=O)Nc1ccc(Cl)cc1[N+](=O)[O-]. The molecule has 0 amide bonds. The zero-order valence-electron chi connectivity index (χ0n) is 11.0. The van der Waals surface area contributed by atoms with Crippen molar-refractivity contribution in [3.63, 3.8) is 0 Å². The van der Waals surface area contributed by atoms with Gasteiger partial charge in [0.1, 0.15) is 11.4 Å². The minimum Gasteiger partial charge on any atom is -0.360 e. The molecule has 1 heterocycles. The van der Waals surface area contributed by atoms with Gasteiger partial charge in [-0.05, 0) is 26.0 Å². The number of rotatable bonds is 4. The van der Waals surface area contributed by atoms with Gasteiger partial charge in [-0.3, -0.25) is 14.8 Å². The summed E-state index contributed by atoms with van der Waals surface area (Å²) in [6.07, 6.45) is 0. The summed E-state index contributed by atoms with van der Waals surface area (Å²) in [7, 11) is -4.05. The number of nitrogens with one attached hydrogen (secondary N) is 1. The maximum atomic E-state index is 12.3. The number of sulfonamides is 1. The first-order valence-electron chi connectivity index (χ1n) is 5.62. The van der Waals surface area contributed by atoms with Gasteiger partial charge in [-0.15, -0.1) is 0 Å². The van der Waals surface area contributed by atoms with Crippen LogP contribution in [0.3, 0.4) is 0 Å². The topological polar surface area (TPSA) is 115 Å². The lowest BCUT2D eigenvalue weighted by Crippen LogP contribution is -2.15. The second-order valence-corrected chi connectivity index (χ2v) is 6.23. The van der Waals surface area contributed by atoms with E-state index in [1.807, 2.05) is 0 Å². The number of aryl methyl sites for hydroxylation is 2. The van der Waals surface area contributed by atoms with Gasteiger partial charge in [0.15, 0.2) is 10.7 Å². The maximum absolute atomic E-state index is 12.3. The number of halogens is 1. The second-order valence-electron chi connectivity index (χ2n) is 4.18. The normalized spacial score (nSPS) is 11.4. The number of hydrogen-bond donors (Lipinski definition) is 1. The molecular formula is C11H10ClN3O5S. The summed E-state index contributed by atoms with van der Waals surface area (Å²) in [4.78, 5) is 10.1. The number of nitro groups is 1. The van der Waals surface area contributed by atoms with Crippen LogP contribution >= 0.6 is 11.6 Å². The van der Waals surface area contributed by atoms with Crippen molar-refractivity contribution in [2.75, 3.05) is 4.72 Å². The highest BCUT2D eigenvalue weighted by Crippen LogP contribution is 2.30. The predicted octanol–water partition coefficient (Wildman–Crippen LogP) is 2.65. The van der Waals surface area contributed by atoms with Crippen molar-refractivity contribution in [1.29, 1.82) is 0 Å². The fourth-order valence-electron chi connectivity index (χ4n) is 1.80. The molecule has 0 atom stereocenters. The molecule has 1 aromatic heterocycles. The fourth-order valence-corrected chi connectivity index (χ4v) is 3.37. The first kappa shape index (κ1) is 15.3. The molecule has 0 fully saturated rings. The number of nitro benzene ring substituents is 1. The van der Waals surface area contributed by atoms with Crippen LogP contribution in [0.15, 0.2) is 27.6 Å². The van der Waals surface area contributed by atoms with E-state index in [0.717, 1.165) is 6.07 Å². The number of anilines is 1. The molecule has 0 saturated heterocycles. The van der Waals surface area contributed by atoms with E-state index in [-0.39, 0.29) is 27.1 Å². The van der Waals surface area contributed by atoms with E-state index in [4.69, 9.17) is 16.1 Å². The van der Waals surface area contributed by atoms with E-state index in [9.17, 15) is 18.5 Å². The van der Waals surface area contributed by atoms with E-state index in [0.29, 0.717) is 0 Å². The predicted molar refractivity (Wildman–Crippen MR) is 74.9 cm³/mol. The van der Waals surface area contributed by atoms with Crippen molar-refractivity contribution in [3.8, 4) is 0 Å². The molecule has 0 aliphatic carbocycles. The minimum absolute atomic E-state index is 0.0941. The Hall–Kier alpha value is -2.13. The Morgan fingerprint density at radius 1 is 1.38 bits per heavy atom. The van der Waals surface area contributed by atoms with Crippen LogP contribution in [-0.2, 0) is 10.0 Å². The Bertz CT molecular complexity index is 796. The van der Waals surface area contributed by atoms with Gasteiger partial charge in [0.25, 0.3) is 15.7 Å². The number of hydrogen-bond acceptors (Lipinski definition) is 6. The van der Waals surface area contributed by atoms with Gasteiger partial charge in [-0.1, -0.05) is 16.8 Å². The third-order valence-corrected chi connectivity index (χ3v) is 4.48. The van der Waals surface area contributed by atoms with Crippen LogP contribution in [0.4, 0.5) is 11.4 Å². The summed E-state index contributed by atoms with van der Waals surface area (Å²) < 4.78 is 31.5. The zero-order chi connectivity index (χ0) is 15.8. The van der Waals surface area contributed by atoms with Crippen molar-refractivity contribution in [2.24, 2.45) is 0 Å². The maximum Gasteiger partial charge on any atom is 0.294 e. The number of benzene rings is 1. The molecule has 0 saturated carbocycles. The van der Waals surface area contributed by atoms with Crippen LogP contribution < -0.4 is 4.72 Å². The lowest BCUT2D eigenvalue weighted by atomic mass is 10.3. The molecule has 1 N–H and O–H groups in total. The van der Waals surface area contributed by atoms with E-state index in [2.05, 4.69) is 9.88 Å². The van der Waals surface area contributed by atoms with Crippen LogP contribution in [0.5, 0.6) is 0 Å². The fraction of sp³-hybridized carbons (Fsp3) is 0.182. The van der Waals surface area contributed by atoms with Gasteiger partial charge in [-0.25, -0.2) is 8.42 Å². The Morgan fingerprint density at radius 3 is 2.57 bits per heavy atom. The molecule has 1 aromatic carbocycles. The van der Waals surface area contributed by atoms with Crippen LogP contribution in [0.1, 0.15) is 11.5 Å². The molecule has 8 nitrogen and oxygen atoms in total.